The summed E-state index contributed by atoms with van der Waals surface area (Å²) in [5.41, 5.74) is 5.42. The Kier molecular flexibility index (Phi) is 2.64. The highest BCUT2D eigenvalue weighted by atomic mass is 16.5. The van der Waals surface area contributed by atoms with Crippen LogP contribution in [0.3, 0.4) is 0 Å². The van der Waals surface area contributed by atoms with Gasteiger partial charge in [-0.15, -0.1) is 0 Å². The molecule has 0 amide bonds. The highest BCUT2D eigenvalue weighted by Gasteiger charge is 2.05. The third-order valence-electron chi connectivity index (χ3n) is 3.73. The molecule has 102 valence electrons. The van der Waals surface area contributed by atoms with Gasteiger partial charge >= 0.3 is 0 Å². The van der Waals surface area contributed by atoms with Crippen molar-refractivity contribution in [2.24, 2.45) is 0 Å². The summed E-state index contributed by atoms with van der Waals surface area (Å²) in [4.78, 5) is 4.67. The number of fused-ring (bicyclic) bond motifs is 3. The lowest BCUT2D eigenvalue weighted by molar-refractivity contribution is 0.415. The first-order chi connectivity index (χ1) is 10.3. The molecule has 2 heterocycles. The molecular formula is C18H14N2O. The molecule has 2 aromatic carbocycles. The summed E-state index contributed by atoms with van der Waals surface area (Å²) in [7, 11) is 1.68. The molecule has 0 saturated heterocycles. The number of benzene rings is 2. The van der Waals surface area contributed by atoms with Crippen LogP contribution in [0.5, 0.6) is 5.75 Å². The first-order valence-electron chi connectivity index (χ1n) is 6.86. The number of methoxy groups -OCH3 is 1. The summed E-state index contributed by atoms with van der Waals surface area (Å²) in [6.07, 6.45) is 2.07. The fourth-order valence-electron chi connectivity index (χ4n) is 2.63. The van der Waals surface area contributed by atoms with Crippen LogP contribution in [0.15, 0.2) is 66.9 Å². The molecule has 0 N–H and O–H groups in total. The van der Waals surface area contributed by atoms with Gasteiger partial charge in [0.05, 0.1) is 18.1 Å². The maximum atomic E-state index is 5.20. The van der Waals surface area contributed by atoms with Crippen molar-refractivity contribution < 1.29 is 4.74 Å². The molecule has 4 aromatic rings. The SMILES string of the molecule is COc1ccc(-c2ccn3c(c2)nc2ccccc23)cc1. The lowest BCUT2D eigenvalue weighted by Crippen LogP contribution is -1.86. The molecule has 3 nitrogen and oxygen atoms in total. The maximum absolute atomic E-state index is 5.20. The number of ether oxygens (including phenoxy) is 1. The third-order valence-corrected chi connectivity index (χ3v) is 3.73. The number of pyridine rings is 1. The van der Waals surface area contributed by atoms with E-state index in [2.05, 4.69) is 45.9 Å². The van der Waals surface area contributed by atoms with Gasteiger partial charge in [-0.1, -0.05) is 24.3 Å². The van der Waals surface area contributed by atoms with Crippen molar-refractivity contribution in [3.05, 3.63) is 66.9 Å². The fraction of sp³-hybridized carbons (Fsp3) is 0.0556. The molecule has 21 heavy (non-hydrogen) atoms. The zero-order valence-corrected chi connectivity index (χ0v) is 11.7. The summed E-state index contributed by atoms with van der Waals surface area (Å²) in [6, 6.07) is 20.5. The Morgan fingerprint density at radius 1 is 0.905 bits per heavy atom. The van der Waals surface area contributed by atoms with Crippen LogP contribution in [0.2, 0.25) is 0 Å². The first-order valence-corrected chi connectivity index (χ1v) is 6.86. The average Bonchev–Trinajstić information content (AvgIpc) is 2.92. The minimum absolute atomic E-state index is 0.867. The van der Waals surface area contributed by atoms with Crippen molar-refractivity contribution in [1.29, 1.82) is 0 Å². The number of nitrogens with zero attached hydrogens (tertiary/aromatic N) is 2. The van der Waals surface area contributed by atoms with Crippen molar-refractivity contribution in [1.82, 2.24) is 9.38 Å². The van der Waals surface area contributed by atoms with Gasteiger partial charge in [0.15, 0.2) is 0 Å². The lowest BCUT2D eigenvalue weighted by atomic mass is 10.1. The minimum atomic E-state index is 0.867. The number of hydrogen-bond acceptors (Lipinski definition) is 2. The Hall–Kier alpha value is -2.81. The molecule has 0 spiro atoms. The molecule has 2 aromatic heterocycles. The zero-order chi connectivity index (χ0) is 14.2. The Morgan fingerprint density at radius 3 is 2.52 bits per heavy atom. The zero-order valence-electron chi connectivity index (χ0n) is 11.7. The Balaban J connectivity index is 1.87. The molecule has 0 fully saturated rings. The highest BCUT2D eigenvalue weighted by molar-refractivity contribution is 5.82. The van der Waals surface area contributed by atoms with Crippen LogP contribution in [0.1, 0.15) is 0 Å². The van der Waals surface area contributed by atoms with Crippen LogP contribution in [0, 0.1) is 0 Å². The van der Waals surface area contributed by atoms with Crippen molar-refractivity contribution >= 4 is 16.7 Å². The van der Waals surface area contributed by atoms with Crippen LogP contribution < -0.4 is 4.74 Å². The van der Waals surface area contributed by atoms with Gasteiger partial charge in [0.25, 0.3) is 0 Å². The normalized spacial score (nSPS) is 11.1. The number of para-hydroxylation sites is 2. The molecule has 4 rings (SSSR count). The molecule has 0 aliphatic heterocycles. The second-order valence-electron chi connectivity index (χ2n) is 4.97. The van der Waals surface area contributed by atoms with E-state index in [1.54, 1.807) is 7.11 Å². The van der Waals surface area contributed by atoms with Gasteiger partial charge in [-0.2, -0.15) is 0 Å². The molecule has 0 unspecified atom stereocenters. The van der Waals surface area contributed by atoms with Crippen LogP contribution in [-0.2, 0) is 0 Å². The fourth-order valence-corrected chi connectivity index (χ4v) is 2.63. The summed E-state index contributed by atoms with van der Waals surface area (Å²) < 4.78 is 7.31. The van der Waals surface area contributed by atoms with E-state index in [9.17, 15) is 0 Å². The van der Waals surface area contributed by atoms with Crippen molar-refractivity contribution in [2.45, 2.75) is 0 Å². The monoisotopic (exact) mass is 274 g/mol. The first kappa shape index (κ1) is 12.0. The quantitative estimate of drug-likeness (QED) is 0.548. The standard InChI is InChI=1S/C18H14N2O/c1-21-15-8-6-13(7-9-15)14-10-11-20-17-5-3-2-4-16(17)19-18(20)12-14/h2-12H,1H3. The molecule has 3 heteroatoms. The molecule has 0 aliphatic carbocycles. The van der Waals surface area contributed by atoms with E-state index in [4.69, 9.17) is 4.74 Å². The van der Waals surface area contributed by atoms with Gasteiger partial charge in [-0.3, -0.25) is 4.40 Å². The second-order valence-corrected chi connectivity index (χ2v) is 4.97. The van der Waals surface area contributed by atoms with Crippen LogP contribution in [0.25, 0.3) is 27.8 Å². The van der Waals surface area contributed by atoms with E-state index < -0.39 is 0 Å². The smallest absolute Gasteiger partial charge is 0.138 e. The summed E-state index contributed by atoms with van der Waals surface area (Å²) >= 11 is 0. The van der Waals surface area contributed by atoms with E-state index in [-0.39, 0.29) is 0 Å². The van der Waals surface area contributed by atoms with Crippen molar-refractivity contribution in [2.75, 3.05) is 7.11 Å². The van der Waals surface area contributed by atoms with Gasteiger partial charge in [-0.05, 0) is 47.5 Å². The minimum Gasteiger partial charge on any atom is -0.497 e. The number of aromatic nitrogens is 2. The number of imidazole rings is 1. The molecule has 0 aliphatic rings. The largest absolute Gasteiger partial charge is 0.497 e. The molecule has 0 radical (unpaired) electrons. The Morgan fingerprint density at radius 2 is 1.71 bits per heavy atom. The summed E-state index contributed by atoms with van der Waals surface area (Å²) in [6.45, 7) is 0. The van der Waals surface area contributed by atoms with E-state index >= 15 is 0 Å². The predicted molar refractivity (Wildman–Crippen MR) is 84.7 cm³/mol. The van der Waals surface area contributed by atoms with E-state index in [0.717, 1.165) is 33.6 Å². The van der Waals surface area contributed by atoms with Crippen LogP contribution >= 0.6 is 0 Å². The topological polar surface area (TPSA) is 26.5 Å². The lowest BCUT2D eigenvalue weighted by Gasteiger charge is -2.04. The summed E-state index contributed by atoms with van der Waals surface area (Å²) in [5, 5.41) is 0. The predicted octanol–water partition coefficient (Wildman–Crippen LogP) is 4.16. The summed E-state index contributed by atoms with van der Waals surface area (Å²) in [5.74, 6) is 0.867. The van der Waals surface area contributed by atoms with Crippen LogP contribution in [0.4, 0.5) is 0 Å². The Labute approximate surface area is 122 Å². The molecule has 0 atom stereocenters. The Bertz CT molecular complexity index is 923. The number of hydrogen-bond donors (Lipinski definition) is 0. The average molecular weight is 274 g/mol. The van der Waals surface area contributed by atoms with E-state index in [1.165, 1.54) is 0 Å². The second kappa shape index (κ2) is 4.63. The van der Waals surface area contributed by atoms with Gasteiger partial charge in [0.2, 0.25) is 0 Å². The van der Waals surface area contributed by atoms with Gasteiger partial charge in [-0.25, -0.2) is 4.98 Å². The van der Waals surface area contributed by atoms with Gasteiger partial charge in [0, 0.05) is 6.20 Å². The van der Waals surface area contributed by atoms with Crippen molar-refractivity contribution in [3.63, 3.8) is 0 Å². The third kappa shape index (κ3) is 1.94. The van der Waals surface area contributed by atoms with Gasteiger partial charge in [0.1, 0.15) is 11.4 Å². The van der Waals surface area contributed by atoms with Crippen LogP contribution in [-0.4, -0.2) is 16.5 Å². The van der Waals surface area contributed by atoms with E-state index in [1.807, 2.05) is 30.3 Å². The highest BCUT2D eigenvalue weighted by Crippen LogP contribution is 2.25. The maximum Gasteiger partial charge on any atom is 0.138 e. The molecule has 0 bridgehead atoms. The number of rotatable bonds is 2. The molecule has 0 saturated carbocycles. The van der Waals surface area contributed by atoms with E-state index in [0.29, 0.717) is 0 Å². The van der Waals surface area contributed by atoms with Crippen molar-refractivity contribution in [3.8, 4) is 16.9 Å². The molecular weight excluding hydrogens is 260 g/mol. The van der Waals surface area contributed by atoms with Gasteiger partial charge < -0.3 is 4.74 Å².